The van der Waals surface area contributed by atoms with Crippen LogP contribution in [-0.4, -0.2) is 65.6 Å². The van der Waals surface area contributed by atoms with Crippen LogP contribution in [0.1, 0.15) is 58.9 Å². The lowest BCUT2D eigenvalue weighted by atomic mass is 10.1. The average Bonchev–Trinajstić information content (AvgIpc) is 3.24. The van der Waals surface area contributed by atoms with Crippen molar-refractivity contribution in [3.05, 3.63) is 46.7 Å². The Labute approximate surface area is 211 Å². The Bertz CT molecular complexity index is 989. The number of imidazole rings is 1. The molecule has 1 fully saturated rings. The molecule has 1 aromatic carbocycles. The van der Waals surface area contributed by atoms with E-state index < -0.39 is 0 Å². The van der Waals surface area contributed by atoms with E-state index in [4.69, 9.17) is 9.72 Å². The van der Waals surface area contributed by atoms with E-state index >= 15 is 0 Å². The number of aryl methyl sites for hydroxylation is 1. The summed E-state index contributed by atoms with van der Waals surface area (Å²) in [5, 5.41) is 16.5. The molecule has 0 atom stereocenters. The standard InChI is InChI=1S/C28H45N5O2/c1-5-22(3)19-26(23(4)9-7-16-34)30-21-24-10-11-25-27(20-24)33(6-2)28(31-25)29-12-8-13-32-14-17-35-18-15-32/h10-11,19-20,30,34H,5-9,12-18,21H2,1-4H3,(H,29,31)/b22-19-,26-23-. The van der Waals surface area contributed by atoms with Crippen LogP contribution in [0.4, 0.5) is 5.95 Å². The first kappa shape index (κ1) is 27.2. The van der Waals surface area contributed by atoms with E-state index in [1.807, 2.05) is 0 Å². The molecule has 1 aliphatic heterocycles. The number of fused-ring (bicyclic) bond motifs is 1. The third-order valence-electron chi connectivity index (χ3n) is 6.77. The number of nitrogens with one attached hydrogen (secondary N) is 2. The highest BCUT2D eigenvalue weighted by Gasteiger charge is 2.12. The highest BCUT2D eigenvalue weighted by Crippen LogP contribution is 2.22. The topological polar surface area (TPSA) is 74.6 Å². The van der Waals surface area contributed by atoms with Gasteiger partial charge in [0.05, 0.1) is 24.2 Å². The molecule has 0 spiro atoms. The minimum atomic E-state index is 0.225. The van der Waals surface area contributed by atoms with Crippen molar-refractivity contribution in [2.24, 2.45) is 0 Å². The molecule has 35 heavy (non-hydrogen) atoms. The zero-order valence-corrected chi connectivity index (χ0v) is 22.2. The molecule has 3 rings (SSSR count). The van der Waals surface area contributed by atoms with E-state index in [-0.39, 0.29) is 6.61 Å². The zero-order valence-electron chi connectivity index (χ0n) is 22.2. The Morgan fingerprint density at radius 3 is 2.69 bits per heavy atom. The molecule has 7 nitrogen and oxygen atoms in total. The lowest BCUT2D eigenvalue weighted by Crippen LogP contribution is -2.37. The van der Waals surface area contributed by atoms with Gasteiger partial charge in [0.25, 0.3) is 0 Å². The van der Waals surface area contributed by atoms with E-state index in [1.165, 1.54) is 27.9 Å². The van der Waals surface area contributed by atoms with Crippen LogP contribution in [0.15, 0.2) is 41.1 Å². The van der Waals surface area contributed by atoms with Crippen LogP contribution in [0.5, 0.6) is 0 Å². The first-order chi connectivity index (χ1) is 17.0. The number of aliphatic hydroxyl groups excluding tert-OH is 1. The summed E-state index contributed by atoms with van der Waals surface area (Å²) in [5.74, 6) is 0.955. The second kappa shape index (κ2) is 14.3. The molecule has 2 aromatic rings. The number of allylic oxidation sites excluding steroid dienone is 3. The lowest BCUT2D eigenvalue weighted by Gasteiger charge is -2.26. The predicted molar refractivity (Wildman–Crippen MR) is 146 cm³/mol. The fourth-order valence-corrected chi connectivity index (χ4v) is 4.41. The van der Waals surface area contributed by atoms with Crippen molar-refractivity contribution >= 4 is 17.0 Å². The summed E-state index contributed by atoms with van der Waals surface area (Å²) in [6.45, 7) is 16.3. The van der Waals surface area contributed by atoms with Gasteiger partial charge in [0.15, 0.2) is 0 Å². The molecular formula is C28H45N5O2. The molecule has 194 valence electrons. The Morgan fingerprint density at radius 1 is 1.17 bits per heavy atom. The second-order valence-corrected chi connectivity index (χ2v) is 9.46. The van der Waals surface area contributed by atoms with E-state index in [1.54, 1.807) is 0 Å². The molecule has 7 heteroatoms. The molecule has 0 amide bonds. The normalized spacial score (nSPS) is 16.0. The van der Waals surface area contributed by atoms with Crippen molar-refractivity contribution in [1.29, 1.82) is 0 Å². The van der Waals surface area contributed by atoms with Gasteiger partial charge >= 0.3 is 0 Å². The zero-order chi connectivity index (χ0) is 25.0. The summed E-state index contributed by atoms with van der Waals surface area (Å²) in [4.78, 5) is 7.34. The van der Waals surface area contributed by atoms with Gasteiger partial charge in [0.1, 0.15) is 0 Å². The highest BCUT2D eigenvalue weighted by atomic mass is 16.5. The van der Waals surface area contributed by atoms with Crippen molar-refractivity contribution in [2.45, 2.75) is 66.5 Å². The van der Waals surface area contributed by atoms with E-state index in [9.17, 15) is 5.11 Å². The molecule has 0 bridgehead atoms. The minimum Gasteiger partial charge on any atom is -0.396 e. The van der Waals surface area contributed by atoms with Crippen molar-refractivity contribution in [2.75, 3.05) is 51.3 Å². The number of benzene rings is 1. The Kier molecular flexibility index (Phi) is 11.1. The van der Waals surface area contributed by atoms with Crippen LogP contribution in [0.25, 0.3) is 11.0 Å². The number of anilines is 1. The van der Waals surface area contributed by atoms with E-state index in [2.05, 4.69) is 72.1 Å². The van der Waals surface area contributed by atoms with Crippen molar-refractivity contribution < 1.29 is 9.84 Å². The molecule has 0 radical (unpaired) electrons. The van der Waals surface area contributed by atoms with Gasteiger partial charge in [-0.05, 0) is 76.8 Å². The third kappa shape index (κ3) is 8.09. The SMILES string of the molecule is CC/C(C)=C\C(NCc1ccc2nc(NCCCN3CCOCC3)n(CC)c2c1)=C(/C)CCCO. The maximum Gasteiger partial charge on any atom is 0.203 e. The van der Waals surface area contributed by atoms with Crippen molar-refractivity contribution in [1.82, 2.24) is 19.8 Å². The fraction of sp³-hybridized carbons (Fsp3) is 0.607. The fourth-order valence-electron chi connectivity index (χ4n) is 4.41. The van der Waals surface area contributed by atoms with Crippen LogP contribution >= 0.6 is 0 Å². The van der Waals surface area contributed by atoms with Gasteiger partial charge in [-0.25, -0.2) is 4.98 Å². The van der Waals surface area contributed by atoms with Gasteiger partial charge in [-0.15, -0.1) is 0 Å². The van der Waals surface area contributed by atoms with Crippen LogP contribution < -0.4 is 10.6 Å². The van der Waals surface area contributed by atoms with Gasteiger partial charge in [0.2, 0.25) is 5.95 Å². The number of aromatic nitrogens is 2. The van der Waals surface area contributed by atoms with Crippen molar-refractivity contribution in [3.63, 3.8) is 0 Å². The molecule has 1 saturated heterocycles. The van der Waals surface area contributed by atoms with Crippen LogP contribution in [0.2, 0.25) is 0 Å². The van der Waals surface area contributed by atoms with Crippen molar-refractivity contribution in [3.8, 4) is 0 Å². The largest absolute Gasteiger partial charge is 0.396 e. The smallest absolute Gasteiger partial charge is 0.203 e. The number of nitrogens with zero attached hydrogens (tertiary/aromatic N) is 3. The monoisotopic (exact) mass is 483 g/mol. The van der Waals surface area contributed by atoms with E-state index in [0.29, 0.717) is 0 Å². The molecule has 1 aromatic heterocycles. The second-order valence-electron chi connectivity index (χ2n) is 9.46. The van der Waals surface area contributed by atoms with Crippen LogP contribution in [0, 0.1) is 0 Å². The summed E-state index contributed by atoms with van der Waals surface area (Å²) >= 11 is 0. The highest BCUT2D eigenvalue weighted by molar-refractivity contribution is 5.79. The predicted octanol–water partition coefficient (Wildman–Crippen LogP) is 4.68. The first-order valence-corrected chi connectivity index (χ1v) is 13.3. The van der Waals surface area contributed by atoms with Crippen LogP contribution in [0.3, 0.4) is 0 Å². The van der Waals surface area contributed by atoms with Gasteiger partial charge in [-0.2, -0.15) is 0 Å². The maximum absolute atomic E-state index is 9.23. The number of hydrogen-bond donors (Lipinski definition) is 3. The molecule has 2 heterocycles. The van der Waals surface area contributed by atoms with Gasteiger partial charge in [-0.1, -0.05) is 24.1 Å². The quantitative estimate of drug-likeness (QED) is 0.268. The molecule has 0 saturated carbocycles. The summed E-state index contributed by atoms with van der Waals surface area (Å²) in [6.07, 6.45) is 6.06. The molecule has 1 aliphatic rings. The summed E-state index contributed by atoms with van der Waals surface area (Å²) in [6, 6.07) is 6.56. The van der Waals surface area contributed by atoms with Gasteiger partial charge in [-0.3, -0.25) is 4.90 Å². The molecule has 0 aliphatic carbocycles. The lowest BCUT2D eigenvalue weighted by molar-refractivity contribution is 0.0378. The number of aliphatic hydroxyl groups is 1. The molecular weight excluding hydrogens is 438 g/mol. The Morgan fingerprint density at radius 2 is 1.97 bits per heavy atom. The first-order valence-electron chi connectivity index (χ1n) is 13.3. The number of morpholine rings is 1. The molecule has 0 unspecified atom stereocenters. The summed E-state index contributed by atoms with van der Waals surface area (Å²) < 4.78 is 7.71. The number of hydrogen-bond acceptors (Lipinski definition) is 6. The summed E-state index contributed by atoms with van der Waals surface area (Å²) in [5.41, 5.74) is 7.24. The van der Waals surface area contributed by atoms with Gasteiger partial charge < -0.3 is 25.0 Å². The Hall–Kier alpha value is -2.35. The Balaban J connectivity index is 1.66. The van der Waals surface area contributed by atoms with E-state index in [0.717, 1.165) is 89.6 Å². The summed E-state index contributed by atoms with van der Waals surface area (Å²) in [7, 11) is 0. The number of ether oxygens (including phenoxy) is 1. The van der Waals surface area contributed by atoms with Gasteiger partial charge in [0, 0.05) is 45.0 Å². The molecule has 3 N–H and O–H groups in total. The third-order valence-corrected chi connectivity index (χ3v) is 6.77. The minimum absolute atomic E-state index is 0.225. The van der Waals surface area contributed by atoms with Crippen LogP contribution in [-0.2, 0) is 17.8 Å². The average molecular weight is 484 g/mol. The number of rotatable bonds is 14. The maximum atomic E-state index is 9.23.